The summed E-state index contributed by atoms with van der Waals surface area (Å²) in [6, 6.07) is 0.932. The van der Waals surface area contributed by atoms with Crippen LogP contribution >= 0.6 is 11.6 Å². The molecule has 8 heteroatoms. The second kappa shape index (κ2) is 5.50. The van der Waals surface area contributed by atoms with Crippen molar-refractivity contribution in [1.82, 2.24) is 9.97 Å². The standard InChI is InChI=1S/C11H13ClF3N3O/c1-19-6-7-2-3-18(5-7)9-4-8(11(13,14)15)16-10(12)17-9/h4,7H,2-3,5-6H2,1H3. The van der Waals surface area contributed by atoms with Gasteiger partial charge in [-0.05, 0) is 18.0 Å². The van der Waals surface area contributed by atoms with E-state index >= 15 is 0 Å². The first-order chi connectivity index (χ1) is 8.90. The van der Waals surface area contributed by atoms with Crippen LogP contribution in [-0.4, -0.2) is 36.8 Å². The molecule has 1 fully saturated rings. The van der Waals surface area contributed by atoms with Gasteiger partial charge in [0.05, 0.1) is 6.61 Å². The molecule has 2 rings (SSSR count). The number of nitrogens with zero attached hydrogens (tertiary/aromatic N) is 3. The van der Waals surface area contributed by atoms with Crippen LogP contribution in [0.2, 0.25) is 5.28 Å². The molecule has 0 bridgehead atoms. The molecule has 19 heavy (non-hydrogen) atoms. The van der Waals surface area contributed by atoms with Crippen molar-refractivity contribution in [3.63, 3.8) is 0 Å². The zero-order chi connectivity index (χ0) is 14.0. The Labute approximate surface area is 113 Å². The number of aromatic nitrogens is 2. The second-order valence-electron chi connectivity index (χ2n) is 4.43. The van der Waals surface area contributed by atoms with E-state index in [1.165, 1.54) is 0 Å². The highest BCUT2D eigenvalue weighted by Gasteiger charge is 2.34. The van der Waals surface area contributed by atoms with Gasteiger partial charge in [-0.1, -0.05) is 0 Å². The van der Waals surface area contributed by atoms with Gasteiger partial charge in [0.15, 0.2) is 5.69 Å². The average molecular weight is 296 g/mol. The molecule has 1 atom stereocenters. The van der Waals surface area contributed by atoms with Gasteiger partial charge in [0.1, 0.15) is 5.82 Å². The smallest absolute Gasteiger partial charge is 0.384 e. The lowest BCUT2D eigenvalue weighted by Crippen LogP contribution is -2.23. The monoisotopic (exact) mass is 295 g/mol. The van der Waals surface area contributed by atoms with Crippen molar-refractivity contribution in [3.8, 4) is 0 Å². The van der Waals surface area contributed by atoms with Gasteiger partial charge < -0.3 is 9.64 Å². The maximum atomic E-state index is 12.6. The van der Waals surface area contributed by atoms with Gasteiger partial charge in [0, 0.05) is 32.2 Å². The van der Waals surface area contributed by atoms with Gasteiger partial charge in [-0.15, -0.1) is 0 Å². The van der Waals surface area contributed by atoms with Crippen LogP contribution in [0.4, 0.5) is 19.0 Å². The Morgan fingerprint density at radius 1 is 1.47 bits per heavy atom. The predicted molar refractivity (Wildman–Crippen MR) is 64.2 cm³/mol. The number of rotatable bonds is 3. The largest absolute Gasteiger partial charge is 0.433 e. The molecular weight excluding hydrogens is 283 g/mol. The molecule has 4 nitrogen and oxygen atoms in total. The number of methoxy groups -OCH3 is 1. The van der Waals surface area contributed by atoms with Crippen LogP contribution in [0.15, 0.2) is 6.07 Å². The normalized spacial score (nSPS) is 20.1. The molecule has 0 N–H and O–H groups in total. The fourth-order valence-corrected chi connectivity index (χ4v) is 2.30. The average Bonchev–Trinajstić information content (AvgIpc) is 2.76. The molecule has 0 amide bonds. The molecule has 0 aromatic carbocycles. The van der Waals surface area contributed by atoms with Gasteiger partial charge in [-0.2, -0.15) is 13.2 Å². The van der Waals surface area contributed by atoms with Crippen LogP contribution in [0.5, 0.6) is 0 Å². The Morgan fingerprint density at radius 2 is 2.21 bits per heavy atom. The molecule has 0 saturated carbocycles. The van der Waals surface area contributed by atoms with Crippen LogP contribution in [-0.2, 0) is 10.9 Å². The van der Waals surface area contributed by atoms with Crippen molar-refractivity contribution >= 4 is 17.4 Å². The van der Waals surface area contributed by atoms with E-state index in [2.05, 4.69) is 9.97 Å². The fourth-order valence-electron chi connectivity index (χ4n) is 2.13. The third-order valence-electron chi connectivity index (χ3n) is 2.99. The number of hydrogen-bond acceptors (Lipinski definition) is 4. The lowest BCUT2D eigenvalue weighted by Gasteiger charge is -2.18. The van der Waals surface area contributed by atoms with E-state index in [4.69, 9.17) is 16.3 Å². The second-order valence-corrected chi connectivity index (χ2v) is 4.77. The molecule has 0 radical (unpaired) electrons. The summed E-state index contributed by atoms with van der Waals surface area (Å²) in [6.07, 6.45) is -3.66. The third kappa shape index (κ3) is 3.48. The zero-order valence-electron chi connectivity index (χ0n) is 10.2. The SMILES string of the molecule is COCC1CCN(c2cc(C(F)(F)F)nc(Cl)n2)C1. The molecular formula is C11H13ClF3N3O. The molecule has 1 aromatic heterocycles. The summed E-state index contributed by atoms with van der Waals surface area (Å²) in [6.45, 7) is 1.83. The lowest BCUT2D eigenvalue weighted by molar-refractivity contribution is -0.141. The van der Waals surface area contributed by atoms with E-state index in [1.54, 1.807) is 12.0 Å². The van der Waals surface area contributed by atoms with E-state index in [0.717, 1.165) is 12.5 Å². The van der Waals surface area contributed by atoms with Crippen molar-refractivity contribution in [3.05, 3.63) is 17.0 Å². The predicted octanol–water partition coefficient (Wildman–Crippen LogP) is 2.62. The topological polar surface area (TPSA) is 38.2 Å². The Morgan fingerprint density at radius 3 is 2.84 bits per heavy atom. The maximum absolute atomic E-state index is 12.6. The van der Waals surface area contributed by atoms with Crippen molar-refractivity contribution < 1.29 is 17.9 Å². The molecule has 1 aliphatic heterocycles. The summed E-state index contributed by atoms with van der Waals surface area (Å²) in [5.41, 5.74) is -1.02. The van der Waals surface area contributed by atoms with Crippen LogP contribution in [0.3, 0.4) is 0 Å². The van der Waals surface area contributed by atoms with Gasteiger partial charge >= 0.3 is 6.18 Å². The first kappa shape index (κ1) is 14.3. The summed E-state index contributed by atoms with van der Waals surface area (Å²) in [7, 11) is 1.60. The minimum Gasteiger partial charge on any atom is -0.384 e. The van der Waals surface area contributed by atoms with Crippen LogP contribution < -0.4 is 4.90 Å². The number of anilines is 1. The number of ether oxygens (including phenoxy) is 1. The van der Waals surface area contributed by atoms with Gasteiger partial charge in [0.25, 0.3) is 0 Å². The van der Waals surface area contributed by atoms with Gasteiger partial charge in [0.2, 0.25) is 5.28 Å². The summed E-state index contributed by atoms with van der Waals surface area (Å²) < 4.78 is 43.0. The number of halogens is 4. The lowest BCUT2D eigenvalue weighted by atomic mass is 10.1. The zero-order valence-corrected chi connectivity index (χ0v) is 11.0. The highest BCUT2D eigenvalue weighted by Crippen LogP contribution is 2.31. The Bertz CT molecular complexity index is 455. The number of alkyl halides is 3. The van der Waals surface area contributed by atoms with Gasteiger partial charge in [-0.25, -0.2) is 9.97 Å². The number of hydrogen-bond donors (Lipinski definition) is 0. The molecule has 1 unspecified atom stereocenters. The Hall–Kier alpha value is -1.08. The van der Waals surface area contributed by atoms with E-state index < -0.39 is 11.9 Å². The first-order valence-corrected chi connectivity index (χ1v) is 6.13. The summed E-state index contributed by atoms with van der Waals surface area (Å²) >= 11 is 5.56. The van der Waals surface area contributed by atoms with Crippen LogP contribution in [0.25, 0.3) is 0 Å². The highest BCUT2D eigenvalue weighted by atomic mass is 35.5. The van der Waals surface area contributed by atoms with Crippen LogP contribution in [0, 0.1) is 5.92 Å². The minimum atomic E-state index is -4.52. The van der Waals surface area contributed by atoms with E-state index in [-0.39, 0.29) is 11.1 Å². The molecule has 1 aromatic rings. The Balaban J connectivity index is 2.19. The van der Waals surface area contributed by atoms with Crippen molar-refractivity contribution in [2.75, 3.05) is 31.7 Å². The highest BCUT2D eigenvalue weighted by molar-refractivity contribution is 6.28. The Kier molecular flexibility index (Phi) is 4.15. The quantitative estimate of drug-likeness (QED) is 0.804. The van der Waals surface area contributed by atoms with E-state index in [1.807, 2.05) is 0 Å². The summed E-state index contributed by atoms with van der Waals surface area (Å²) in [4.78, 5) is 8.84. The van der Waals surface area contributed by atoms with Crippen LogP contribution in [0.1, 0.15) is 12.1 Å². The molecule has 1 aliphatic rings. The third-order valence-corrected chi connectivity index (χ3v) is 3.16. The molecule has 0 aliphatic carbocycles. The maximum Gasteiger partial charge on any atom is 0.433 e. The van der Waals surface area contributed by atoms with Crippen molar-refractivity contribution in [2.24, 2.45) is 5.92 Å². The van der Waals surface area contributed by atoms with Gasteiger partial charge in [-0.3, -0.25) is 0 Å². The fraction of sp³-hybridized carbons (Fsp3) is 0.636. The van der Waals surface area contributed by atoms with Crippen molar-refractivity contribution in [2.45, 2.75) is 12.6 Å². The molecule has 0 spiro atoms. The summed E-state index contributed by atoms with van der Waals surface area (Å²) in [5, 5.41) is -0.389. The van der Waals surface area contributed by atoms with E-state index in [9.17, 15) is 13.2 Å². The summed E-state index contributed by atoms with van der Waals surface area (Å²) in [5.74, 6) is 0.513. The molecule has 2 heterocycles. The molecule has 1 saturated heterocycles. The minimum absolute atomic E-state index is 0.214. The van der Waals surface area contributed by atoms with Crippen molar-refractivity contribution in [1.29, 1.82) is 0 Å². The molecule has 106 valence electrons. The van der Waals surface area contributed by atoms with E-state index in [0.29, 0.717) is 25.6 Å². The first-order valence-electron chi connectivity index (χ1n) is 5.76.